The van der Waals surface area contributed by atoms with Crippen LogP contribution in [0.1, 0.15) is 38.3 Å². The SMILES string of the molecule is CCCC(C)[C@H](c1cc(F)ccc1OC)N1CCNCC1.Cl. The van der Waals surface area contributed by atoms with Crippen LogP contribution in [-0.2, 0) is 0 Å². The number of nitrogens with zero attached hydrogens (tertiary/aromatic N) is 1. The average Bonchev–Trinajstić information content (AvgIpc) is 2.49. The number of hydrogen-bond acceptors (Lipinski definition) is 3. The van der Waals surface area contributed by atoms with Crippen molar-refractivity contribution >= 4 is 12.4 Å². The summed E-state index contributed by atoms with van der Waals surface area (Å²) in [4.78, 5) is 2.47. The van der Waals surface area contributed by atoms with Gasteiger partial charge in [-0.1, -0.05) is 20.3 Å². The minimum absolute atomic E-state index is 0. The highest BCUT2D eigenvalue weighted by atomic mass is 35.5. The number of rotatable bonds is 6. The van der Waals surface area contributed by atoms with E-state index in [1.165, 1.54) is 6.07 Å². The summed E-state index contributed by atoms with van der Waals surface area (Å²) in [6.45, 7) is 8.45. The largest absolute Gasteiger partial charge is 0.496 e. The molecular weight excluding hydrogens is 303 g/mol. The Morgan fingerprint density at radius 1 is 1.32 bits per heavy atom. The molecule has 0 radical (unpaired) electrons. The molecule has 1 aliphatic heterocycles. The van der Waals surface area contributed by atoms with E-state index in [1.54, 1.807) is 19.2 Å². The lowest BCUT2D eigenvalue weighted by molar-refractivity contribution is 0.123. The van der Waals surface area contributed by atoms with Crippen molar-refractivity contribution < 1.29 is 9.13 Å². The number of nitrogens with one attached hydrogen (secondary N) is 1. The van der Waals surface area contributed by atoms with Crippen LogP contribution >= 0.6 is 12.4 Å². The second-order valence-electron chi connectivity index (χ2n) is 5.88. The third-order valence-corrected chi connectivity index (χ3v) is 4.34. The summed E-state index contributed by atoms with van der Waals surface area (Å²) in [5.74, 6) is 1.08. The third kappa shape index (κ3) is 4.58. The van der Waals surface area contributed by atoms with Gasteiger partial charge in [0, 0.05) is 37.8 Å². The van der Waals surface area contributed by atoms with Gasteiger partial charge in [0.1, 0.15) is 11.6 Å². The summed E-state index contributed by atoms with van der Waals surface area (Å²) in [5, 5.41) is 3.38. The summed E-state index contributed by atoms with van der Waals surface area (Å²) in [6.07, 6.45) is 2.27. The van der Waals surface area contributed by atoms with Gasteiger partial charge in [-0.3, -0.25) is 4.90 Å². The fourth-order valence-electron chi connectivity index (χ4n) is 3.37. The summed E-state index contributed by atoms with van der Waals surface area (Å²) in [5.41, 5.74) is 0.986. The zero-order valence-electron chi connectivity index (χ0n) is 13.8. The molecule has 1 saturated heterocycles. The normalized spacial score (nSPS) is 18.4. The molecule has 0 saturated carbocycles. The Balaban J connectivity index is 0.00000242. The summed E-state index contributed by atoms with van der Waals surface area (Å²) < 4.78 is 19.3. The van der Waals surface area contributed by atoms with Gasteiger partial charge in [0.25, 0.3) is 0 Å². The van der Waals surface area contributed by atoms with E-state index in [0.29, 0.717) is 5.92 Å². The molecule has 1 fully saturated rings. The molecular formula is C17H28ClFN2O. The van der Waals surface area contributed by atoms with E-state index in [2.05, 4.69) is 24.1 Å². The van der Waals surface area contributed by atoms with E-state index >= 15 is 0 Å². The van der Waals surface area contributed by atoms with Crippen molar-refractivity contribution in [1.82, 2.24) is 10.2 Å². The molecule has 22 heavy (non-hydrogen) atoms. The monoisotopic (exact) mass is 330 g/mol. The van der Waals surface area contributed by atoms with E-state index in [9.17, 15) is 4.39 Å². The predicted molar refractivity (Wildman–Crippen MR) is 91.5 cm³/mol. The van der Waals surface area contributed by atoms with Crippen molar-refractivity contribution in [2.45, 2.75) is 32.7 Å². The molecule has 1 N–H and O–H groups in total. The topological polar surface area (TPSA) is 24.5 Å². The first kappa shape index (κ1) is 19.2. The number of hydrogen-bond donors (Lipinski definition) is 1. The molecule has 0 spiro atoms. The van der Waals surface area contributed by atoms with Gasteiger partial charge in [0.15, 0.2) is 0 Å². The quantitative estimate of drug-likeness (QED) is 0.862. The molecule has 1 aromatic rings. The third-order valence-electron chi connectivity index (χ3n) is 4.34. The van der Waals surface area contributed by atoms with Crippen molar-refractivity contribution in [2.75, 3.05) is 33.3 Å². The van der Waals surface area contributed by atoms with Crippen LogP contribution in [0.3, 0.4) is 0 Å². The van der Waals surface area contributed by atoms with Gasteiger partial charge < -0.3 is 10.1 Å². The molecule has 126 valence electrons. The van der Waals surface area contributed by atoms with Crippen molar-refractivity contribution in [3.05, 3.63) is 29.6 Å². The minimum atomic E-state index is -0.186. The van der Waals surface area contributed by atoms with E-state index in [1.807, 2.05) is 0 Å². The van der Waals surface area contributed by atoms with Crippen molar-refractivity contribution in [2.24, 2.45) is 5.92 Å². The first-order valence-corrected chi connectivity index (χ1v) is 7.95. The molecule has 0 aliphatic carbocycles. The first-order valence-electron chi connectivity index (χ1n) is 7.95. The highest BCUT2D eigenvalue weighted by molar-refractivity contribution is 5.85. The molecule has 1 aromatic carbocycles. The van der Waals surface area contributed by atoms with Crippen LogP contribution in [0.4, 0.5) is 4.39 Å². The Labute approximate surface area is 139 Å². The minimum Gasteiger partial charge on any atom is -0.496 e. The van der Waals surface area contributed by atoms with Crippen LogP contribution in [0, 0.1) is 11.7 Å². The van der Waals surface area contributed by atoms with Crippen LogP contribution < -0.4 is 10.1 Å². The predicted octanol–water partition coefficient (Wildman–Crippen LogP) is 3.64. The summed E-state index contributed by atoms with van der Waals surface area (Å²) >= 11 is 0. The van der Waals surface area contributed by atoms with Crippen molar-refractivity contribution in [1.29, 1.82) is 0 Å². The van der Waals surface area contributed by atoms with Gasteiger partial charge in [0.2, 0.25) is 0 Å². The van der Waals surface area contributed by atoms with Gasteiger partial charge in [-0.25, -0.2) is 4.39 Å². The Bertz CT molecular complexity index is 452. The fourth-order valence-corrected chi connectivity index (χ4v) is 3.37. The smallest absolute Gasteiger partial charge is 0.123 e. The molecule has 3 nitrogen and oxygen atoms in total. The Morgan fingerprint density at radius 2 is 2.00 bits per heavy atom. The molecule has 1 aliphatic rings. The van der Waals surface area contributed by atoms with Gasteiger partial charge in [-0.05, 0) is 30.5 Å². The van der Waals surface area contributed by atoms with E-state index in [-0.39, 0.29) is 24.3 Å². The number of ether oxygens (including phenoxy) is 1. The zero-order chi connectivity index (χ0) is 15.2. The molecule has 1 unspecified atom stereocenters. The second-order valence-corrected chi connectivity index (χ2v) is 5.88. The van der Waals surface area contributed by atoms with Crippen LogP contribution in [0.25, 0.3) is 0 Å². The molecule has 5 heteroatoms. The lowest BCUT2D eigenvalue weighted by Crippen LogP contribution is -2.46. The Hall–Kier alpha value is -0.840. The van der Waals surface area contributed by atoms with Crippen LogP contribution in [0.15, 0.2) is 18.2 Å². The summed E-state index contributed by atoms with van der Waals surface area (Å²) in [7, 11) is 1.66. The van der Waals surface area contributed by atoms with Crippen LogP contribution in [0.5, 0.6) is 5.75 Å². The van der Waals surface area contributed by atoms with Crippen LogP contribution in [-0.4, -0.2) is 38.2 Å². The number of methoxy groups -OCH3 is 1. The lowest BCUT2D eigenvalue weighted by Gasteiger charge is -2.39. The maximum Gasteiger partial charge on any atom is 0.123 e. The van der Waals surface area contributed by atoms with Gasteiger partial charge in [-0.15, -0.1) is 12.4 Å². The average molecular weight is 331 g/mol. The van der Waals surface area contributed by atoms with Crippen molar-refractivity contribution in [3.8, 4) is 5.75 Å². The second kappa shape index (κ2) is 9.33. The molecule has 0 amide bonds. The maximum atomic E-state index is 13.8. The van der Waals surface area contributed by atoms with E-state index < -0.39 is 0 Å². The maximum absolute atomic E-state index is 13.8. The zero-order valence-corrected chi connectivity index (χ0v) is 14.6. The molecule has 2 rings (SSSR count). The van der Waals surface area contributed by atoms with Crippen molar-refractivity contribution in [3.63, 3.8) is 0 Å². The van der Waals surface area contributed by atoms with Gasteiger partial charge in [0.05, 0.1) is 7.11 Å². The fraction of sp³-hybridized carbons (Fsp3) is 0.647. The van der Waals surface area contributed by atoms with E-state index in [0.717, 1.165) is 50.3 Å². The highest BCUT2D eigenvalue weighted by Crippen LogP contribution is 2.37. The van der Waals surface area contributed by atoms with Gasteiger partial charge >= 0.3 is 0 Å². The highest BCUT2D eigenvalue weighted by Gasteiger charge is 2.29. The summed E-state index contributed by atoms with van der Waals surface area (Å²) in [6, 6.07) is 5.09. The van der Waals surface area contributed by atoms with Crippen LogP contribution in [0.2, 0.25) is 0 Å². The lowest BCUT2D eigenvalue weighted by atomic mass is 9.88. The first-order chi connectivity index (χ1) is 10.2. The molecule has 1 heterocycles. The number of halogens is 2. The Kier molecular flexibility index (Phi) is 8.15. The number of benzene rings is 1. The molecule has 0 bridgehead atoms. The van der Waals surface area contributed by atoms with E-state index in [4.69, 9.17) is 4.74 Å². The molecule has 0 aromatic heterocycles. The molecule has 2 atom stereocenters. The number of piperazine rings is 1. The van der Waals surface area contributed by atoms with Gasteiger partial charge in [-0.2, -0.15) is 0 Å². The Morgan fingerprint density at radius 3 is 2.59 bits per heavy atom. The standard InChI is InChI=1S/C17H27FN2O.ClH/c1-4-5-13(2)17(20-10-8-19-9-11-20)15-12-14(18)6-7-16(15)21-3;/h6-7,12-13,17,19H,4-5,8-11H2,1-3H3;1H/t13?,17-;/m1./s1.